The van der Waals surface area contributed by atoms with Gasteiger partial charge in [-0.05, 0) is 19.4 Å². The molecule has 0 aliphatic heterocycles. The molecule has 0 bridgehead atoms. The van der Waals surface area contributed by atoms with E-state index >= 15 is 0 Å². The molecule has 1 rings (SSSR count). The van der Waals surface area contributed by atoms with Crippen molar-refractivity contribution in [3.63, 3.8) is 0 Å². The number of hydrogen-bond donors (Lipinski definition) is 0. The lowest BCUT2D eigenvalue weighted by Crippen LogP contribution is -1.97. The SMILES string of the molecule is CCOc1c(C)cccc1CF. The van der Waals surface area contributed by atoms with Gasteiger partial charge < -0.3 is 4.74 Å². The summed E-state index contributed by atoms with van der Waals surface area (Å²) in [6, 6.07) is 5.51. The zero-order valence-corrected chi connectivity index (χ0v) is 7.43. The average Bonchev–Trinajstić information content (AvgIpc) is 2.09. The fraction of sp³-hybridized carbons (Fsp3) is 0.400. The van der Waals surface area contributed by atoms with Gasteiger partial charge >= 0.3 is 0 Å². The van der Waals surface area contributed by atoms with E-state index in [0.717, 1.165) is 5.56 Å². The van der Waals surface area contributed by atoms with Crippen molar-refractivity contribution in [3.05, 3.63) is 29.3 Å². The lowest BCUT2D eigenvalue weighted by atomic mass is 10.1. The van der Waals surface area contributed by atoms with Crippen LogP contribution < -0.4 is 4.74 Å². The number of hydrogen-bond acceptors (Lipinski definition) is 1. The average molecular weight is 168 g/mol. The Morgan fingerprint density at radius 1 is 1.42 bits per heavy atom. The minimum absolute atomic E-state index is 0.461. The van der Waals surface area contributed by atoms with Crippen LogP contribution >= 0.6 is 0 Å². The summed E-state index contributed by atoms with van der Waals surface area (Å²) < 4.78 is 17.7. The van der Waals surface area contributed by atoms with Gasteiger partial charge in [0.15, 0.2) is 0 Å². The molecule has 0 atom stereocenters. The Morgan fingerprint density at radius 2 is 2.17 bits per heavy atom. The highest BCUT2D eigenvalue weighted by Crippen LogP contribution is 2.23. The van der Waals surface area contributed by atoms with Crippen LogP contribution in [0.25, 0.3) is 0 Å². The van der Waals surface area contributed by atoms with E-state index in [4.69, 9.17) is 4.74 Å². The van der Waals surface area contributed by atoms with Crippen molar-refractivity contribution in [2.75, 3.05) is 6.61 Å². The van der Waals surface area contributed by atoms with Crippen molar-refractivity contribution in [3.8, 4) is 5.75 Å². The molecular formula is C10H13FO. The molecule has 0 saturated carbocycles. The van der Waals surface area contributed by atoms with Crippen LogP contribution in [-0.4, -0.2) is 6.61 Å². The van der Waals surface area contributed by atoms with E-state index in [-0.39, 0.29) is 0 Å². The van der Waals surface area contributed by atoms with Gasteiger partial charge in [0.1, 0.15) is 12.4 Å². The zero-order chi connectivity index (χ0) is 8.97. The molecule has 0 aromatic heterocycles. The molecule has 1 aromatic carbocycles. The van der Waals surface area contributed by atoms with Crippen molar-refractivity contribution >= 4 is 0 Å². The van der Waals surface area contributed by atoms with Gasteiger partial charge in [-0.1, -0.05) is 18.2 Å². The highest BCUT2D eigenvalue weighted by Gasteiger charge is 2.04. The zero-order valence-electron chi connectivity index (χ0n) is 7.43. The molecule has 0 saturated heterocycles. The van der Waals surface area contributed by atoms with Crippen LogP contribution in [0.15, 0.2) is 18.2 Å². The number of para-hydroxylation sites is 1. The monoisotopic (exact) mass is 168 g/mol. The van der Waals surface area contributed by atoms with Gasteiger partial charge in [0.05, 0.1) is 6.61 Å². The van der Waals surface area contributed by atoms with Gasteiger partial charge in [0, 0.05) is 5.56 Å². The Bertz CT molecular complexity index is 258. The predicted molar refractivity (Wildman–Crippen MR) is 47.2 cm³/mol. The molecule has 1 nitrogen and oxygen atoms in total. The summed E-state index contributed by atoms with van der Waals surface area (Å²) in [6.45, 7) is 3.94. The maximum atomic E-state index is 12.4. The molecule has 0 aliphatic rings. The first-order chi connectivity index (χ1) is 5.79. The third-order valence-electron chi connectivity index (χ3n) is 1.73. The summed E-state index contributed by atoms with van der Waals surface area (Å²) in [4.78, 5) is 0. The van der Waals surface area contributed by atoms with Gasteiger partial charge in [0.2, 0.25) is 0 Å². The smallest absolute Gasteiger partial charge is 0.127 e. The topological polar surface area (TPSA) is 9.23 Å². The first-order valence-corrected chi connectivity index (χ1v) is 4.06. The summed E-state index contributed by atoms with van der Waals surface area (Å²) in [5, 5.41) is 0. The second-order valence-corrected chi connectivity index (χ2v) is 2.63. The maximum absolute atomic E-state index is 12.4. The predicted octanol–water partition coefficient (Wildman–Crippen LogP) is 2.86. The molecule has 0 aliphatic carbocycles. The molecule has 1 aromatic rings. The number of benzene rings is 1. The third-order valence-corrected chi connectivity index (χ3v) is 1.73. The Morgan fingerprint density at radius 3 is 2.75 bits per heavy atom. The second-order valence-electron chi connectivity index (χ2n) is 2.63. The first-order valence-electron chi connectivity index (χ1n) is 4.06. The Labute approximate surface area is 72.2 Å². The fourth-order valence-electron chi connectivity index (χ4n) is 1.17. The molecule has 66 valence electrons. The van der Waals surface area contributed by atoms with Gasteiger partial charge in [-0.25, -0.2) is 4.39 Å². The highest BCUT2D eigenvalue weighted by atomic mass is 19.1. The largest absolute Gasteiger partial charge is 0.493 e. The van der Waals surface area contributed by atoms with Gasteiger partial charge in [-0.2, -0.15) is 0 Å². The summed E-state index contributed by atoms with van der Waals surface area (Å²) in [5.41, 5.74) is 1.63. The maximum Gasteiger partial charge on any atom is 0.127 e. The number of halogens is 1. The van der Waals surface area contributed by atoms with Crippen LogP contribution in [0, 0.1) is 6.92 Å². The molecule has 12 heavy (non-hydrogen) atoms. The quantitative estimate of drug-likeness (QED) is 0.674. The van der Waals surface area contributed by atoms with Crippen molar-refractivity contribution in [2.24, 2.45) is 0 Å². The van der Waals surface area contributed by atoms with Crippen LogP contribution in [0.4, 0.5) is 4.39 Å². The van der Waals surface area contributed by atoms with E-state index in [0.29, 0.717) is 17.9 Å². The fourth-order valence-corrected chi connectivity index (χ4v) is 1.17. The lowest BCUT2D eigenvalue weighted by Gasteiger charge is -2.09. The van der Waals surface area contributed by atoms with Crippen molar-refractivity contribution in [1.82, 2.24) is 0 Å². The number of alkyl halides is 1. The van der Waals surface area contributed by atoms with Crippen molar-refractivity contribution in [2.45, 2.75) is 20.5 Å². The molecule has 0 amide bonds. The van der Waals surface area contributed by atoms with Crippen LogP contribution in [0.2, 0.25) is 0 Å². The van der Waals surface area contributed by atoms with E-state index in [9.17, 15) is 4.39 Å². The summed E-state index contributed by atoms with van der Waals surface area (Å²) in [6.07, 6.45) is 0. The van der Waals surface area contributed by atoms with Crippen molar-refractivity contribution < 1.29 is 9.13 Å². The van der Waals surface area contributed by atoms with E-state index in [1.807, 2.05) is 26.0 Å². The molecular weight excluding hydrogens is 155 g/mol. The summed E-state index contributed by atoms with van der Waals surface area (Å²) in [5.74, 6) is 0.697. The molecule has 0 unspecified atom stereocenters. The van der Waals surface area contributed by atoms with Crippen LogP contribution in [0.3, 0.4) is 0 Å². The van der Waals surface area contributed by atoms with Gasteiger partial charge in [-0.15, -0.1) is 0 Å². The number of aryl methyl sites for hydroxylation is 1. The first kappa shape index (κ1) is 9.04. The molecule has 0 radical (unpaired) electrons. The second kappa shape index (κ2) is 4.10. The Hall–Kier alpha value is -1.05. The molecule has 0 fully saturated rings. The molecule has 0 heterocycles. The Kier molecular flexibility index (Phi) is 3.09. The van der Waals surface area contributed by atoms with Crippen LogP contribution in [0.5, 0.6) is 5.75 Å². The Balaban J connectivity index is 3.02. The standard InChI is InChI=1S/C10H13FO/c1-3-12-10-8(2)5-4-6-9(10)7-11/h4-6H,3,7H2,1-2H3. The molecule has 2 heteroatoms. The van der Waals surface area contributed by atoms with E-state index in [2.05, 4.69) is 0 Å². The van der Waals surface area contributed by atoms with Crippen molar-refractivity contribution in [1.29, 1.82) is 0 Å². The summed E-state index contributed by atoms with van der Waals surface area (Å²) >= 11 is 0. The third kappa shape index (κ3) is 1.76. The van der Waals surface area contributed by atoms with Gasteiger partial charge in [0.25, 0.3) is 0 Å². The highest BCUT2D eigenvalue weighted by molar-refractivity contribution is 5.40. The van der Waals surface area contributed by atoms with E-state index < -0.39 is 6.67 Å². The molecule has 0 spiro atoms. The normalized spacial score (nSPS) is 9.92. The van der Waals surface area contributed by atoms with Gasteiger partial charge in [-0.3, -0.25) is 0 Å². The summed E-state index contributed by atoms with van der Waals surface area (Å²) in [7, 11) is 0. The van der Waals surface area contributed by atoms with E-state index in [1.165, 1.54) is 0 Å². The van der Waals surface area contributed by atoms with Crippen LogP contribution in [-0.2, 0) is 6.67 Å². The molecule has 0 N–H and O–H groups in total. The van der Waals surface area contributed by atoms with E-state index in [1.54, 1.807) is 6.07 Å². The van der Waals surface area contributed by atoms with Crippen LogP contribution in [0.1, 0.15) is 18.1 Å². The minimum Gasteiger partial charge on any atom is -0.493 e. The lowest BCUT2D eigenvalue weighted by molar-refractivity contribution is 0.327. The minimum atomic E-state index is -0.461. The number of rotatable bonds is 3. The number of ether oxygens (including phenoxy) is 1.